The van der Waals surface area contributed by atoms with E-state index in [-0.39, 0.29) is 11.8 Å². The normalized spacial score (nSPS) is 10.4. The van der Waals surface area contributed by atoms with Crippen molar-refractivity contribution >= 4 is 28.8 Å². The Kier molecular flexibility index (Phi) is 7.41. The van der Waals surface area contributed by atoms with E-state index in [1.54, 1.807) is 37.4 Å². The van der Waals surface area contributed by atoms with Crippen LogP contribution in [0.5, 0.6) is 0 Å². The molecule has 6 nitrogen and oxygen atoms in total. The van der Waals surface area contributed by atoms with E-state index in [2.05, 4.69) is 16.0 Å². The predicted molar refractivity (Wildman–Crippen MR) is 95.8 cm³/mol. The number of para-hydroxylation sites is 1. The number of ether oxygens (including phenoxy) is 1. The molecule has 2 amide bonds. The molecule has 1 aromatic heterocycles. The Labute approximate surface area is 145 Å². The van der Waals surface area contributed by atoms with E-state index < -0.39 is 0 Å². The molecular formula is C17H21N3O3S. The molecule has 0 fully saturated rings. The van der Waals surface area contributed by atoms with Crippen LogP contribution in [0.3, 0.4) is 0 Å². The minimum Gasteiger partial charge on any atom is -0.383 e. The van der Waals surface area contributed by atoms with E-state index in [1.807, 2.05) is 11.4 Å². The van der Waals surface area contributed by atoms with Gasteiger partial charge in [-0.25, -0.2) is 0 Å². The molecule has 1 aromatic carbocycles. The first-order chi connectivity index (χ1) is 11.7. The van der Waals surface area contributed by atoms with Crippen LogP contribution in [0.1, 0.15) is 20.0 Å². The summed E-state index contributed by atoms with van der Waals surface area (Å²) in [5, 5.41) is 10.6. The van der Waals surface area contributed by atoms with Crippen LogP contribution in [0, 0.1) is 0 Å². The summed E-state index contributed by atoms with van der Waals surface area (Å²) < 4.78 is 4.93. The van der Waals surface area contributed by atoms with Crippen LogP contribution in [0.4, 0.5) is 5.69 Å². The molecule has 0 atom stereocenters. The van der Waals surface area contributed by atoms with E-state index in [9.17, 15) is 9.59 Å². The van der Waals surface area contributed by atoms with Gasteiger partial charge in [-0.3, -0.25) is 9.59 Å². The molecule has 0 unspecified atom stereocenters. The van der Waals surface area contributed by atoms with Gasteiger partial charge in [-0.1, -0.05) is 18.2 Å². The summed E-state index contributed by atoms with van der Waals surface area (Å²) in [6.45, 7) is 2.51. The Bertz CT molecular complexity index is 659. The van der Waals surface area contributed by atoms with Crippen LogP contribution in [-0.4, -0.2) is 45.2 Å². The summed E-state index contributed by atoms with van der Waals surface area (Å²) in [4.78, 5) is 25.1. The van der Waals surface area contributed by atoms with Crippen LogP contribution in [-0.2, 0) is 4.74 Å². The third-order valence-electron chi connectivity index (χ3n) is 3.24. The van der Waals surface area contributed by atoms with Gasteiger partial charge in [0.1, 0.15) is 0 Å². The lowest BCUT2D eigenvalue weighted by molar-refractivity contribution is 0.0954. The molecule has 128 valence electrons. The number of methoxy groups -OCH3 is 1. The van der Waals surface area contributed by atoms with E-state index in [0.717, 1.165) is 6.54 Å². The molecule has 0 bridgehead atoms. The third kappa shape index (κ3) is 5.45. The SMILES string of the molecule is COCCNCCNC(=O)c1ccccc1NC(=O)c1cccs1. The van der Waals surface area contributed by atoms with Crippen LogP contribution >= 0.6 is 11.3 Å². The van der Waals surface area contributed by atoms with Gasteiger partial charge in [-0.05, 0) is 23.6 Å². The monoisotopic (exact) mass is 347 g/mol. The Morgan fingerprint density at radius 3 is 2.62 bits per heavy atom. The van der Waals surface area contributed by atoms with Crippen molar-refractivity contribution in [3.8, 4) is 0 Å². The number of nitrogens with one attached hydrogen (secondary N) is 3. The summed E-state index contributed by atoms with van der Waals surface area (Å²) >= 11 is 1.36. The zero-order valence-corrected chi connectivity index (χ0v) is 14.3. The number of rotatable bonds is 9. The number of amides is 2. The summed E-state index contributed by atoms with van der Waals surface area (Å²) in [5.74, 6) is -0.433. The van der Waals surface area contributed by atoms with Crippen molar-refractivity contribution in [2.75, 3.05) is 38.7 Å². The van der Waals surface area contributed by atoms with E-state index in [1.165, 1.54) is 11.3 Å². The van der Waals surface area contributed by atoms with Crippen molar-refractivity contribution in [2.24, 2.45) is 0 Å². The fraction of sp³-hybridized carbons (Fsp3) is 0.294. The van der Waals surface area contributed by atoms with Gasteiger partial charge in [-0.15, -0.1) is 11.3 Å². The highest BCUT2D eigenvalue weighted by atomic mass is 32.1. The number of thiophene rings is 1. The topological polar surface area (TPSA) is 79.5 Å². The van der Waals surface area contributed by atoms with Gasteiger partial charge in [0, 0.05) is 26.7 Å². The lowest BCUT2D eigenvalue weighted by atomic mass is 10.1. The van der Waals surface area contributed by atoms with Gasteiger partial charge >= 0.3 is 0 Å². The summed E-state index contributed by atoms with van der Waals surface area (Å²) in [6, 6.07) is 10.5. The lowest BCUT2D eigenvalue weighted by Crippen LogP contribution is -2.33. The summed E-state index contributed by atoms with van der Waals surface area (Å²) in [5.41, 5.74) is 0.944. The standard InChI is InChI=1S/C17H21N3O3S/c1-23-11-10-18-8-9-19-16(21)13-5-2-3-6-14(13)20-17(22)15-7-4-12-24-15/h2-7,12,18H,8-11H2,1H3,(H,19,21)(H,20,22). The molecule has 24 heavy (non-hydrogen) atoms. The zero-order valence-electron chi connectivity index (χ0n) is 13.5. The number of hydrogen-bond acceptors (Lipinski definition) is 5. The molecule has 0 radical (unpaired) electrons. The molecule has 0 saturated carbocycles. The minimum absolute atomic E-state index is 0.216. The molecule has 0 aliphatic rings. The molecule has 2 aromatic rings. The molecule has 3 N–H and O–H groups in total. The average molecular weight is 347 g/mol. The highest BCUT2D eigenvalue weighted by Gasteiger charge is 2.14. The molecular weight excluding hydrogens is 326 g/mol. The predicted octanol–water partition coefficient (Wildman–Crippen LogP) is 1.97. The van der Waals surface area contributed by atoms with Crippen molar-refractivity contribution in [3.05, 3.63) is 52.2 Å². The van der Waals surface area contributed by atoms with Crippen molar-refractivity contribution in [1.29, 1.82) is 0 Å². The van der Waals surface area contributed by atoms with E-state index in [4.69, 9.17) is 4.74 Å². The average Bonchev–Trinajstić information content (AvgIpc) is 3.13. The molecule has 0 saturated heterocycles. The number of carbonyl (C=O) groups is 2. The Morgan fingerprint density at radius 2 is 1.88 bits per heavy atom. The smallest absolute Gasteiger partial charge is 0.265 e. The van der Waals surface area contributed by atoms with Crippen LogP contribution < -0.4 is 16.0 Å². The Hall–Kier alpha value is -2.22. The minimum atomic E-state index is -0.217. The number of benzene rings is 1. The lowest BCUT2D eigenvalue weighted by Gasteiger charge is -2.11. The third-order valence-corrected chi connectivity index (χ3v) is 4.10. The second-order valence-electron chi connectivity index (χ2n) is 4.98. The highest BCUT2D eigenvalue weighted by Crippen LogP contribution is 2.17. The molecule has 2 rings (SSSR count). The second kappa shape index (κ2) is 9.82. The summed E-state index contributed by atoms with van der Waals surface area (Å²) in [6.07, 6.45) is 0. The van der Waals surface area contributed by atoms with Crippen LogP contribution in [0.15, 0.2) is 41.8 Å². The molecule has 1 heterocycles. The first-order valence-corrected chi connectivity index (χ1v) is 8.52. The van der Waals surface area contributed by atoms with Gasteiger partial charge in [0.15, 0.2) is 0 Å². The van der Waals surface area contributed by atoms with Crippen molar-refractivity contribution in [2.45, 2.75) is 0 Å². The van der Waals surface area contributed by atoms with Crippen molar-refractivity contribution in [1.82, 2.24) is 10.6 Å². The van der Waals surface area contributed by atoms with E-state index in [0.29, 0.717) is 35.8 Å². The fourth-order valence-electron chi connectivity index (χ4n) is 2.04. The van der Waals surface area contributed by atoms with Gasteiger partial charge in [0.05, 0.1) is 22.7 Å². The molecule has 0 spiro atoms. The Morgan fingerprint density at radius 1 is 1.04 bits per heavy atom. The maximum atomic E-state index is 12.3. The molecule has 0 aliphatic heterocycles. The fourth-order valence-corrected chi connectivity index (χ4v) is 2.66. The zero-order chi connectivity index (χ0) is 17.2. The van der Waals surface area contributed by atoms with Gasteiger partial charge < -0.3 is 20.7 Å². The first-order valence-electron chi connectivity index (χ1n) is 7.64. The largest absolute Gasteiger partial charge is 0.383 e. The number of hydrogen-bond donors (Lipinski definition) is 3. The number of carbonyl (C=O) groups excluding carboxylic acids is 2. The van der Waals surface area contributed by atoms with Crippen LogP contribution in [0.2, 0.25) is 0 Å². The van der Waals surface area contributed by atoms with E-state index >= 15 is 0 Å². The van der Waals surface area contributed by atoms with Crippen LogP contribution in [0.25, 0.3) is 0 Å². The van der Waals surface area contributed by atoms with Crippen molar-refractivity contribution in [3.63, 3.8) is 0 Å². The maximum Gasteiger partial charge on any atom is 0.265 e. The quantitative estimate of drug-likeness (QED) is 0.606. The summed E-state index contributed by atoms with van der Waals surface area (Å²) in [7, 11) is 1.64. The van der Waals surface area contributed by atoms with Gasteiger partial charge in [-0.2, -0.15) is 0 Å². The van der Waals surface area contributed by atoms with Crippen molar-refractivity contribution < 1.29 is 14.3 Å². The van der Waals surface area contributed by atoms with Gasteiger partial charge in [0.25, 0.3) is 11.8 Å². The number of anilines is 1. The highest BCUT2D eigenvalue weighted by molar-refractivity contribution is 7.12. The van der Waals surface area contributed by atoms with Gasteiger partial charge in [0.2, 0.25) is 0 Å². The molecule has 0 aliphatic carbocycles. The molecule has 7 heteroatoms. The first kappa shape index (κ1) is 18.1. The second-order valence-corrected chi connectivity index (χ2v) is 5.92. The Balaban J connectivity index is 1.90. The maximum absolute atomic E-state index is 12.3.